The summed E-state index contributed by atoms with van der Waals surface area (Å²) in [5.41, 5.74) is 5.39. The van der Waals surface area contributed by atoms with E-state index in [1.165, 1.54) is 0 Å². The third-order valence-corrected chi connectivity index (χ3v) is 5.99. The fourth-order valence-corrected chi connectivity index (χ4v) is 4.11. The second-order valence-electron chi connectivity index (χ2n) is 8.24. The molecule has 3 heterocycles. The molecular formula is C24H35N7O3. The molecule has 3 N–H and O–H groups in total. The van der Waals surface area contributed by atoms with Crippen molar-refractivity contribution in [1.29, 1.82) is 0 Å². The van der Waals surface area contributed by atoms with E-state index in [4.69, 9.17) is 4.74 Å². The van der Waals surface area contributed by atoms with Crippen LogP contribution in [0.1, 0.15) is 53.7 Å². The lowest BCUT2D eigenvalue weighted by Gasteiger charge is -2.24. The van der Waals surface area contributed by atoms with E-state index >= 15 is 0 Å². The summed E-state index contributed by atoms with van der Waals surface area (Å²) in [6, 6.07) is 1.14. The minimum atomic E-state index is -0.338. The third-order valence-electron chi connectivity index (χ3n) is 5.99. The Morgan fingerprint density at radius 3 is 2.71 bits per heavy atom. The molecular weight excluding hydrogens is 434 g/mol. The summed E-state index contributed by atoms with van der Waals surface area (Å²) in [5, 5.41) is 13.9. The van der Waals surface area contributed by atoms with Gasteiger partial charge in [-0.2, -0.15) is 0 Å². The number of nitrogens with zero attached hydrogens (tertiary/aromatic N) is 4. The van der Waals surface area contributed by atoms with E-state index in [0.717, 1.165) is 5.57 Å². The van der Waals surface area contributed by atoms with E-state index in [1.807, 2.05) is 62.7 Å². The van der Waals surface area contributed by atoms with Gasteiger partial charge in [-0.25, -0.2) is 5.53 Å². The topological polar surface area (TPSA) is 103 Å². The first-order chi connectivity index (χ1) is 16.3. The molecule has 2 amide bonds. The van der Waals surface area contributed by atoms with Gasteiger partial charge in [0, 0.05) is 20.6 Å². The monoisotopic (exact) mass is 469 g/mol. The fourth-order valence-electron chi connectivity index (χ4n) is 4.11. The van der Waals surface area contributed by atoms with Crippen LogP contribution in [0, 0.1) is 0 Å². The van der Waals surface area contributed by atoms with Crippen molar-refractivity contribution in [2.75, 3.05) is 20.7 Å². The number of aromatic nitrogens is 1. The molecule has 3 rings (SSSR count). The highest BCUT2D eigenvalue weighted by atomic mass is 16.5. The van der Waals surface area contributed by atoms with Crippen LogP contribution in [0.3, 0.4) is 0 Å². The largest absolute Gasteiger partial charge is 0.373 e. The van der Waals surface area contributed by atoms with Gasteiger partial charge in [-0.05, 0) is 31.9 Å². The van der Waals surface area contributed by atoms with Gasteiger partial charge in [0.05, 0.1) is 36.6 Å². The number of likely N-dealkylation sites (N-methyl/N-ethyl adjacent to an activating group) is 1. The lowest BCUT2D eigenvalue weighted by molar-refractivity contribution is 0.0692. The molecule has 0 saturated heterocycles. The average molecular weight is 470 g/mol. The Balaban J connectivity index is 1.84. The number of carbonyl (C=O) groups is 2. The number of hydrogen-bond acceptors (Lipinski definition) is 7. The van der Waals surface area contributed by atoms with Gasteiger partial charge >= 0.3 is 0 Å². The minimum absolute atomic E-state index is 0.181. The first kappa shape index (κ1) is 25.3. The van der Waals surface area contributed by atoms with Crippen molar-refractivity contribution in [2.24, 2.45) is 5.10 Å². The number of carbonyl (C=O) groups excluding carboxylic acids is 2. The van der Waals surface area contributed by atoms with Crippen molar-refractivity contribution in [1.82, 2.24) is 30.9 Å². The van der Waals surface area contributed by atoms with E-state index in [1.54, 1.807) is 17.3 Å². The van der Waals surface area contributed by atoms with Crippen molar-refractivity contribution >= 4 is 17.6 Å². The molecule has 1 aromatic heterocycles. The number of amidine groups is 1. The van der Waals surface area contributed by atoms with Gasteiger partial charge in [-0.1, -0.05) is 37.8 Å². The summed E-state index contributed by atoms with van der Waals surface area (Å²) in [7, 11) is 3.68. The lowest BCUT2D eigenvalue weighted by atomic mass is 10.0. The highest BCUT2D eigenvalue weighted by molar-refractivity contribution is 6.02. The number of ether oxygens (including phenoxy) is 1. The Kier molecular flexibility index (Phi) is 8.30. The Labute approximate surface area is 200 Å². The van der Waals surface area contributed by atoms with Crippen LogP contribution in [0.15, 0.2) is 47.6 Å². The van der Waals surface area contributed by atoms with Gasteiger partial charge in [0.1, 0.15) is 5.69 Å². The Bertz CT molecular complexity index is 1020. The molecule has 10 nitrogen and oxygen atoms in total. The Hall–Kier alpha value is -3.37. The van der Waals surface area contributed by atoms with Crippen LogP contribution < -0.4 is 16.2 Å². The molecule has 2 atom stereocenters. The summed E-state index contributed by atoms with van der Waals surface area (Å²) in [5.74, 6) is 0.172. The molecule has 0 fully saturated rings. The molecule has 0 spiro atoms. The zero-order valence-corrected chi connectivity index (χ0v) is 20.6. The average Bonchev–Trinajstić information content (AvgIpc) is 3.37. The Morgan fingerprint density at radius 2 is 2.09 bits per heavy atom. The molecule has 1 unspecified atom stereocenters. The molecule has 0 radical (unpaired) electrons. The maximum atomic E-state index is 13.3. The third kappa shape index (κ3) is 5.23. The molecule has 0 bridgehead atoms. The second kappa shape index (κ2) is 11.2. The summed E-state index contributed by atoms with van der Waals surface area (Å²) >= 11 is 0. The molecule has 2 aliphatic rings. The van der Waals surface area contributed by atoms with Gasteiger partial charge in [-0.15, -0.1) is 10.2 Å². The number of nitrogens with one attached hydrogen (secondary N) is 3. The Morgan fingerprint density at radius 1 is 1.32 bits per heavy atom. The maximum absolute atomic E-state index is 13.3. The molecule has 184 valence electrons. The molecule has 10 heteroatoms. The van der Waals surface area contributed by atoms with Crippen LogP contribution in [0.25, 0.3) is 0 Å². The zero-order valence-electron chi connectivity index (χ0n) is 20.6. The van der Waals surface area contributed by atoms with Gasteiger partial charge in [0.15, 0.2) is 5.84 Å². The highest BCUT2D eigenvalue weighted by Crippen LogP contribution is 2.22. The van der Waals surface area contributed by atoms with Crippen molar-refractivity contribution < 1.29 is 14.3 Å². The number of hydrogen-bond donors (Lipinski definition) is 3. The predicted octanol–water partition coefficient (Wildman–Crippen LogP) is 1.94. The van der Waals surface area contributed by atoms with E-state index in [2.05, 4.69) is 27.8 Å². The maximum Gasteiger partial charge on any atom is 0.268 e. The number of hydrazine groups is 2. The number of amides is 2. The van der Waals surface area contributed by atoms with Crippen LogP contribution in [-0.2, 0) is 17.9 Å². The van der Waals surface area contributed by atoms with Crippen molar-refractivity contribution in [3.05, 3.63) is 59.5 Å². The molecule has 0 aromatic carbocycles. The van der Waals surface area contributed by atoms with E-state index in [9.17, 15) is 9.59 Å². The number of allylic oxidation sites excluding steroid dienone is 3. The molecule has 0 saturated carbocycles. The van der Waals surface area contributed by atoms with E-state index in [-0.39, 0.29) is 30.5 Å². The summed E-state index contributed by atoms with van der Waals surface area (Å²) in [6.45, 7) is 10.8. The van der Waals surface area contributed by atoms with E-state index in [0.29, 0.717) is 42.4 Å². The molecule has 34 heavy (non-hydrogen) atoms. The number of rotatable bonds is 9. The number of fused-ring (bicyclic) bond motifs is 1. The lowest BCUT2D eigenvalue weighted by Crippen LogP contribution is -2.48. The normalized spacial score (nSPS) is 18.2. The van der Waals surface area contributed by atoms with Gasteiger partial charge in [0.25, 0.3) is 11.8 Å². The second-order valence-corrected chi connectivity index (χ2v) is 8.24. The highest BCUT2D eigenvalue weighted by Gasteiger charge is 2.30. The smallest absolute Gasteiger partial charge is 0.268 e. The van der Waals surface area contributed by atoms with Crippen molar-refractivity contribution in [3.63, 3.8) is 0 Å². The summed E-state index contributed by atoms with van der Waals surface area (Å²) in [4.78, 5) is 26.5. The molecule has 1 aromatic rings. The minimum Gasteiger partial charge on any atom is -0.373 e. The van der Waals surface area contributed by atoms with E-state index < -0.39 is 0 Å². The standard InChI is InChI=1S/C24H35N7O3/c1-7-10-17(11-8-2)19(9-3)26-23(32)18-14-20(31-12-13-34-15-21(18)31)24(33)25-16(4)22-27-28-30(6)29(22)5/h7-8,10-11,14,16,19,28H,1,9,12-13,15H2,2-6H3,(H,25,33)(H,26,32)/b11-8-,17-10+/t16?,19-/m1/s1. The van der Waals surface area contributed by atoms with Crippen LogP contribution in [0.2, 0.25) is 0 Å². The van der Waals surface area contributed by atoms with Gasteiger partial charge in [0.2, 0.25) is 0 Å². The zero-order chi connectivity index (χ0) is 24.8. The molecule has 2 aliphatic heterocycles. The summed E-state index contributed by atoms with van der Waals surface area (Å²) in [6.07, 6.45) is 8.21. The fraction of sp³-hybridized carbons (Fsp3) is 0.458. The van der Waals surface area contributed by atoms with Crippen LogP contribution in [-0.4, -0.2) is 65.1 Å². The van der Waals surface area contributed by atoms with Crippen molar-refractivity contribution in [3.8, 4) is 0 Å². The first-order valence-corrected chi connectivity index (χ1v) is 11.5. The van der Waals surface area contributed by atoms with Gasteiger partial charge < -0.3 is 19.9 Å². The quantitative estimate of drug-likeness (QED) is 0.478. The first-order valence-electron chi connectivity index (χ1n) is 11.5. The molecule has 0 aliphatic carbocycles. The SMILES string of the molecule is C=C/C=C(\C=C/C)[C@@H](CC)NC(=O)c1cc(C(=O)NC(C)C2=NNN(C)N2C)n2c1COCC2. The predicted molar refractivity (Wildman–Crippen MR) is 132 cm³/mol. The summed E-state index contributed by atoms with van der Waals surface area (Å²) < 4.78 is 7.49. The van der Waals surface area contributed by atoms with Crippen LogP contribution >= 0.6 is 0 Å². The van der Waals surface area contributed by atoms with Crippen molar-refractivity contribution in [2.45, 2.75) is 52.4 Å². The van der Waals surface area contributed by atoms with Crippen LogP contribution in [0.5, 0.6) is 0 Å². The number of hydrazone groups is 1. The van der Waals surface area contributed by atoms with Gasteiger partial charge in [-0.3, -0.25) is 14.6 Å². The van der Waals surface area contributed by atoms with Crippen LogP contribution in [0.4, 0.5) is 0 Å².